The standard InChI is InChI=1S/C16H24N4/c1-3-17-15-6-4-5-13-11-20(12-14(13)15)9-7-16-18-8-10-19(16)2/h8,10-12,15,17H,3-7,9H2,1-2H3. The summed E-state index contributed by atoms with van der Waals surface area (Å²) < 4.78 is 4.44. The molecule has 4 heteroatoms. The van der Waals surface area contributed by atoms with Crippen LogP contribution in [-0.2, 0) is 26.4 Å². The quantitative estimate of drug-likeness (QED) is 0.907. The van der Waals surface area contributed by atoms with E-state index in [4.69, 9.17) is 0 Å². The summed E-state index contributed by atoms with van der Waals surface area (Å²) in [4.78, 5) is 4.39. The number of hydrogen-bond acceptors (Lipinski definition) is 2. The first-order chi connectivity index (χ1) is 9.78. The molecule has 0 fully saturated rings. The molecule has 0 radical (unpaired) electrons. The monoisotopic (exact) mass is 272 g/mol. The Morgan fingerprint density at radius 1 is 1.40 bits per heavy atom. The van der Waals surface area contributed by atoms with Crippen LogP contribution in [0.2, 0.25) is 0 Å². The molecule has 2 aromatic rings. The molecule has 0 aliphatic heterocycles. The molecule has 3 rings (SSSR count). The fraction of sp³-hybridized carbons (Fsp3) is 0.562. The zero-order valence-corrected chi connectivity index (χ0v) is 12.5. The van der Waals surface area contributed by atoms with Crippen molar-refractivity contribution in [3.63, 3.8) is 0 Å². The number of fused-ring (bicyclic) bond motifs is 1. The van der Waals surface area contributed by atoms with Gasteiger partial charge >= 0.3 is 0 Å². The Hall–Kier alpha value is -1.55. The van der Waals surface area contributed by atoms with E-state index < -0.39 is 0 Å². The number of hydrogen-bond donors (Lipinski definition) is 1. The van der Waals surface area contributed by atoms with Crippen LogP contribution in [0.4, 0.5) is 0 Å². The SMILES string of the molecule is CCNC1CCCc2cn(CCc3nccn3C)cc21. The van der Waals surface area contributed by atoms with Gasteiger partial charge in [0, 0.05) is 50.8 Å². The first-order valence-electron chi connectivity index (χ1n) is 7.66. The van der Waals surface area contributed by atoms with Gasteiger partial charge in [-0.15, -0.1) is 0 Å². The third-order valence-electron chi connectivity index (χ3n) is 4.28. The average Bonchev–Trinajstić information content (AvgIpc) is 3.03. The van der Waals surface area contributed by atoms with Crippen LogP contribution in [0.15, 0.2) is 24.8 Å². The molecule has 0 aromatic carbocycles. The van der Waals surface area contributed by atoms with Crippen molar-refractivity contribution >= 4 is 0 Å². The van der Waals surface area contributed by atoms with Crippen molar-refractivity contribution in [3.05, 3.63) is 41.7 Å². The topological polar surface area (TPSA) is 34.8 Å². The lowest BCUT2D eigenvalue weighted by molar-refractivity contribution is 0.473. The predicted octanol–water partition coefficient (Wildman–Crippen LogP) is 2.45. The zero-order valence-electron chi connectivity index (χ0n) is 12.5. The third kappa shape index (κ3) is 2.66. The van der Waals surface area contributed by atoms with Crippen LogP contribution in [0.3, 0.4) is 0 Å². The largest absolute Gasteiger partial charge is 0.353 e. The van der Waals surface area contributed by atoms with Crippen molar-refractivity contribution in [1.82, 2.24) is 19.4 Å². The van der Waals surface area contributed by atoms with Crippen LogP contribution in [0.5, 0.6) is 0 Å². The molecule has 0 amide bonds. The van der Waals surface area contributed by atoms with Crippen LogP contribution in [0, 0.1) is 0 Å². The van der Waals surface area contributed by atoms with Gasteiger partial charge < -0.3 is 14.5 Å². The highest BCUT2D eigenvalue weighted by atomic mass is 15.0. The lowest BCUT2D eigenvalue weighted by Crippen LogP contribution is -2.23. The Kier molecular flexibility index (Phi) is 3.92. The molecule has 0 bridgehead atoms. The highest BCUT2D eigenvalue weighted by Gasteiger charge is 2.21. The van der Waals surface area contributed by atoms with Gasteiger partial charge in [-0.2, -0.15) is 0 Å². The minimum atomic E-state index is 0.554. The Morgan fingerprint density at radius 2 is 2.30 bits per heavy atom. The van der Waals surface area contributed by atoms with Crippen LogP contribution < -0.4 is 5.32 Å². The first kappa shape index (κ1) is 13.4. The second-order valence-electron chi connectivity index (χ2n) is 5.68. The average molecular weight is 272 g/mol. The lowest BCUT2D eigenvalue weighted by atomic mass is 9.91. The molecule has 1 unspecified atom stereocenters. The molecule has 2 aromatic heterocycles. The van der Waals surface area contributed by atoms with Gasteiger partial charge in [0.2, 0.25) is 0 Å². The van der Waals surface area contributed by atoms with Gasteiger partial charge in [0.15, 0.2) is 0 Å². The Balaban J connectivity index is 1.71. The summed E-state index contributed by atoms with van der Waals surface area (Å²) in [5.74, 6) is 1.15. The van der Waals surface area contributed by atoms with Crippen LogP contribution >= 0.6 is 0 Å². The molecule has 1 atom stereocenters. The molecule has 108 valence electrons. The van der Waals surface area contributed by atoms with Crippen LogP contribution in [0.25, 0.3) is 0 Å². The van der Waals surface area contributed by atoms with Crippen molar-refractivity contribution < 1.29 is 0 Å². The number of nitrogens with one attached hydrogen (secondary N) is 1. The van der Waals surface area contributed by atoms with Gasteiger partial charge in [-0.25, -0.2) is 4.98 Å². The second kappa shape index (κ2) is 5.83. The van der Waals surface area contributed by atoms with E-state index in [-0.39, 0.29) is 0 Å². The van der Waals surface area contributed by atoms with E-state index in [0.717, 1.165) is 25.3 Å². The minimum Gasteiger partial charge on any atom is -0.353 e. The van der Waals surface area contributed by atoms with E-state index in [1.54, 1.807) is 0 Å². The van der Waals surface area contributed by atoms with E-state index in [9.17, 15) is 0 Å². The molecule has 0 saturated carbocycles. The summed E-state index contributed by atoms with van der Waals surface area (Å²) in [5, 5.41) is 3.60. The summed E-state index contributed by atoms with van der Waals surface area (Å²) >= 11 is 0. The van der Waals surface area contributed by atoms with Gasteiger partial charge in [0.25, 0.3) is 0 Å². The molecule has 0 saturated heterocycles. The summed E-state index contributed by atoms with van der Waals surface area (Å²) in [6.07, 6.45) is 13.3. The van der Waals surface area contributed by atoms with Gasteiger partial charge in [-0.1, -0.05) is 6.92 Å². The molecule has 4 nitrogen and oxygen atoms in total. The van der Waals surface area contributed by atoms with Gasteiger partial charge in [-0.05, 0) is 36.9 Å². The molecular formula is C16H24N4. The summed E-state index contributed by atoms with van der Waals surface area (Å²) in [6.45, 7) is 4.24. The first-order valence-corrected chi connectivity index (χ1v) is 7.66. The van der Waals surface area contributed by atoms with Crippen molar-refractivity contribution in [2.75, 3.05) is 6.54 Å². The van der Waals surface area contributed by atoms with Gasteiger partial charge in [-0.3, -0.25) is 0 Å². The predicted molar refractivity (Wildman–Crippen MR) is 80.7 cm³/mol. The van der Waals surface area contributed by atoms with Crippen molar-refractivity contribution in [1.29, 1.82) is 0 Å². The number of rotatable bonds is 5. The van der Waals surface area contributed by atoms with Crippen molar-refractivity contribution in [3.8, 4) is 0 Å². The number of imidazole rings is 1. The van der Waals surface area contributed by atoms with E-state index in [0.29, 0.717) is 6.04 Å². The Bertz CT molecular complexity index is 567. The smallest absolute Gasteiger partial charge is 0.110 e. The van der Waals surface area contributed by atoms with E-state index in [1.807, 2.05) is 12.4 Å². The fourth-order valence-corrected chi connectivity index (χ4v) is 3.20. The molecule has 0 spiro atoms. The van der Waals surface area contributed by atoms with Crippen molar-refractivity contribution in [2.45, 2.75) is 45.2 Å². The molecule has 1 aliphatic carbocycles. The van der Waals surface area contributed by atoms with E-state index in [2.05, 4.69) is 45.8 Å². The number of aromatic nitrogens is 3. The number of aryl methyl sites for hydroxylation is 4. The van der Waals surface area contributed by atoms with E-state index >= 15 is 0 Å². The van der Waals surface area contributed by atoms with E-state index in [1.165, 1.54) is 30.4 Å². The third-order valence-corrected chi connectivity index (χ3v) is 4.28. The summed E-state index contributed by atoms with van der Waals surface area (Å²) in [6, 6.07) is 0.554. The fourth-order valence-electron chi connectivity index (χ4n) is 3.20. The van der Waals surface area contributed by atoms with Gasteiger partial charge in [0.1, 0.15) is 5.82 Å². The maximum Gasteiger partial charge on any atom is 0.110 e. The molecular weight excluding hydrogens is 248 g/mol. The minimum absolute atomic E-state index is 0.554. The highest BCUT2D eigenvalue weighted by molar-refractivity contribution is 5.30. The molecule has 20 heavy (non-hydrogen) atoms. The molecule has 1 N–H and O–H groups in total. The number of nitrogens with zero attached hydrogens (tertiary/aromatic N) is 3. The summed E-state index contributed by atoms with van der Waals surface area (Å²) in [7, 11) is 2.06. The maximum atomic E-state index is 4.39. The van der Waals surface area contributed by atoms with Crippen LogP contribution in [0.1, 0.15) is 42.8 Å². The second-order valence-corrected chi connectivity index (χ2v) is 5.68. The van der Waals surface area contributed by atoms with Gasteiger partial charge in [0.05, 0.1) is 0 Å². The summed E-state index contributed by atoms with van der Waals surface area (Å²) in [5.41, 5.74) is 3.04. The maximum absolute atomic E-state index is 4.39. The van der Waals surface area contributed by atoms with Crippen LogP contribution in [-0.4, -0.2) is 20.7 Å². The zero-order chi connectivity index (χ0) is 13.9. The highest BCUT2D eigenvalue weighted by Crippen LogP contribution is 2.30. The lowest BCUT2D eigenvalue weighted by Gasteiger charge is -2.22. The Labute approximate surface area is 120 Å². The molecule has 2 heterocycles. The Morgan fingerprint density at radius 3 is 3.05 bits per heavy atom. The van der Waals surface area contributed by atoms with Crippen molar-refractivity contribution in [2.24, 2.45) is 7.05 Å². The molecule has 1 aliphatic rings. The normalized spacial score (nSPS) is 18.2.